The predicted octanol–water partition coefficient (Wildman–Crippen LogP) is 3.69. The molecule has 0 aliphatic heterocycles. The van der Waals surface area contributed by atoms with Gasteiger partial charge in [-0.3, -0.25) is 4.79 Å². The smallest absolute Gasteiger partial charge is 0.160 e. The Hall–Kier alpha value is -0.340. The largest absolute Gasteiger partial charge is 1.00 e. The lowest BCUT2D eigenvalue weighted by atomic mass is 10.0. The highest BCUT2D eigenvalue weighted by Gasteiger charge is 2.15. The summed E-state index contributed by atoms with van der Waals surface area (Å²) >= 11 is 0. The third-order valence-electron chi connectivity index (χ3n) is 5.31. The van der Waals surface area contributed by atoms with Gasteiger partial charge in [-0.15, -0.1) is 0 Å². The summed E-state index contributed by atoms with van der Waals surface area (Å²) in [6.07, 6.45) is 21.8. The lowest BCUT2D eigenvalue weighted by Gasteiger charge is -2.29. The van der Waals surface area contributed by atoms with Crippen LogP contribution in [0.5, 0.6) is 0 Å². The van der Waals surface area contributed by atoms with Gasteiger partial charge in [0.05, 0.1) is 33.6 Å². The van der Waals surface area contributed by atoms with Gasteiger partial charge in [0.25, 0.3) is 0 Å². The molecular weight excluding hydrogens is 342 g/mol. The van der Waals surface area contributed by atoms with E-state index in [0.717, 1.165) is 11.0 Å². The average Bonchev–Trinajstić information content (AvgIpc) is 2.60. The molecule has 26 heavy (non-hydrogen) atoms. The Morgan fingerprint density at radius 3 is 1.50 bits per heavy atom. The number of halogens is 1. The summed E-state index contributed by atoms with van der Waals surface area (Å²) < 4.78 is 0.956. The maximum atomic E-state index is 11.3. The minimum absolute atomic E-state index is 0. The zero-order chi connectivity index (χ0) is 18.8. The van der Waals surface area contributed by atoms with Crippen molar-refractivity contribution in [2.45, 2.75) is 103 Å². The molecule has 156 valence electrons. The fourth-order valence-electron chi connectivity index (χ4n) is 3.36. The van der Waals surface area contributed by atoms with Crippen LogP contribution in [-0.4, -0.2) is 37.5 Å². The van der Waals surface area contributed by atoms with Crippen molar-refractivity contribution < 1.29 is 21.7 Å². The molecule has 0 aromatic heterocycles. The lowest BCUT2D eigenvalue weighted by molar-refractivity contribution is -0.889. The summed E-state index contributed by atoms with van der Waals surface area (Å²) in [5.74, 6) is 0.173. The third-order valence-corrected chi connectivity index (χ3v) is 5.31. The maximum absolute atomic E-state index is 11.3. The summed E-state index contributed by atoms with van der Waals surface area (Å²) in [6, 6.07) is 0. The Morgan fingerprint density at radius 1 is 0.731 bits per heavy atom. The molecule has 2 nitrogen and oxygen atoms in total. The number of hydrogen-bond acceptors (Lipinski definition) is 1. The van der Waals surface area contributed by atoms with Crippen molar-refractivity contribution >= 4 is 5.78 Å². The topological polar surface area (TPSA) is 17.1 Å². The van der Waals surface area contributed by atoms with Gasteiger partial charge in [-0.05, 0) is 18.9 Å². The molecule has 0 amide bonds. The summed E-state index contributed by atoms with van der Waals surface area (Å²) in [6.45, 7) is 7.95. The molecule has 0 rings (SSSR count). The van der Waals surface area contributed by atoms with Crippen LogP contribution in [-0.2, 0) is 4.79 Å². The van der Waals surface area contributed by atoms with E-state index in [9.17, 15) is 4.79 Å². The van der Waals surface area contributed by atoms with E-state index in [2.05, 4.69) is 27.6 Å². The SMILES string of the molecule is C=CC(=O)CC[N+](C)(C)CCCCCCCCCCCCCCCC.[Cl-]. The van der Waals surface area contributed by atoms with Crippen molar-refractivity contribution in [2.75, 3.05) is 27.2 Å². The summed E-state index contributed by atoms with van der Waals surface area (Å²) in [4.78, 5) is 11.3. The highest BCUT2D eigenvalue weighted by molar-refractivity contribution is 5.89. The van der Waals surface area contributed by atoms with Crippen molar-refractivity contribution in [3.05, 3.63) is 12.7 Å². The highest BCUT2D eigenvalue weighted by atomic mass is 35.5. The van der Waals surface area contributed by atoms with E-state index in [1.165, 1.54) is 103 Å². The number of unbranched alkanes of at least 4 members (excludes halogenated alkanes) is 13. The molecule has 0 N–H and O–H groups in total. The Morgan fingerprint density at radius 2 is 1.12 bits per heavy atom. The van der Waals surface area contributed by atoms with Crippen LogP contribution in [0, 0.1) is 0 Å². The van der Waals surface area contributed by atoms with E-state index in [1.54, 1.807) is 0 Å². The van der Waals surface area contributed by atoms with Crippen molar-refractivity contribution in [2.24, 2.45) is 0 Å². The number of quaternary nitrogens is 1. The first-order valence-electron chi connectivity index (χ1n) is 11.0. The average molecular weight is 388 g/mol. The summed E-state index contributed by atoms with van der Waals surface area (Å²) in [5.41, 5.74) is 0. The second kappa shape index (κ2) is 19.4. The van der Waals surface area contributed by atoms with Crippen LogP contribution < -0.4 is 12.4 Å². The third kappa shape index (κ3) is 20.0. The van der Waals surface area contributed by atoms with Crippen molar-refractivity contribution in [1.82, 2.24) is 0 Å². The van der Waals surface area contributed by atoms with Crippen LogP contribution >= 0.6 is 0 Å². The first-order chi connectivity index (χ1) is 12.0. The number of carbonyl (C=O) groups excluding carboxylic acids is 1. The van der Waals surface area contributed by atoms with Crippen molar-refractivity contribution in [3.63, 3.8) is 0 Å². The molecule has 0 radical (unpaired) electrons. The van der Waals surface area contributed by atoms with E-state index in [-0.39, 0.29) is 18.2 Å². The van der Waals surface area contributed by atoms with Gasteiger partial charge < -0.3 is 16.9 Å². The van der Waals surface area contributed by atoms with Crippen LogP contribution in [0.3, 0.4) is 0 Å². The van der Waals surface area contributed by atoms with Crippen LogP contribution in [0.4, 0.5) is 0 Å². The number of carbonyl (C=O) groups is 1. The van der Waals surface area contributed by atoms with Crippen LogP contribution in [0.2, 0.25) is 0 Å². The van der Waals surface area contributed by atoms with E-state index < -0.39 is 0 Å². The minimum Gasteiger partial charge on any atom is -1.00 e. The number of hydrogen-bond donors (Lipinski definition) is 0. The van der Waals surface area contributed by atoms with Crippen LogP contribution in [0.15, 0.2) is 12.7 Å². The first kappa shape index (κ1) is 27.9. The zero-order valence-corrected chi connectivity index (χ0v) is 18.8. The fraction of sp³-hybridized carbons (Fsp3) is 0.870. The number of nitrogens with zero attached hydrogens (tertiary/aromatic N) is 1. The van der Waals surface area contributed by atoms with E-state index in [4.69, 9.17) is 0 Å². The molecule has 0 fully saturated rings. The molecule has 0 atom stereocenters. The number of ketones is 1. The van der Waals surface area contributed by atoms with Crippen molar-refractivity contribution in [3.8, 4) is 0 Å². The minimum atomic E-state index is 0. The molecule has 0 aliphatic rings. The zero-order valence-electron chi connectivity index (χ0n) is 18.0. The molecule has 0 aromatic rings. The molecule has 0 spiro atoms. The Kier molecular flexibility index (Phi) is 20.8. The van der Waals surface area contributed by atoms with E-state index in [0.29, 0.717) is 6.42 Å². The summed E-state index contributed by atoms with van der Waals surface area (Å²) in [5, 5.41) is 0. The molecule has 0 unspecified atom stereocenters. The molecule has 0 aliphatic carbocycles. The quantitative estimate of drug-likeness (QED) is 0.188. The van der Waals surface area contributed by atoms with Crippen LogP contribution in [0.25, 0.3) is 0 Å². The molecule has 0 heterocycles. The van der Waals surface area contributed by atoms with Gasteiger partial charge in [-0.1, -0.05) is 90.6 Å². The van der Waals surface area contributed by atoms with Gasteiger partial charge in [0.15, 0.2) is 5.78 Å². The fourth-order valence-corrected chi connectivity index (χ4v) is 3.36. The molecule has 3 heteroatoms. The second-order valence-electron chi connectivity index (χ2n) is 8.40. The van der Waals surface area contributed by atoms with Crippen LogP contribution in [0.1, 0.15) is 103 Å². The van der Waals surface area contributed by atoms with E-state index in [1.807, 2.05) is 0 Å². The molecular formula is C23H46ClNO. The first-order valence-corrected chi connectivity index (χ1v) is 11.0. The Balaban J connectivity index is 0. The summed E-state index contributed by atoms with van der Waals surface area (Å²) in [7, 11) is 4.47. The normalized spacial score (nSPS) is 11.2. The monoisotopic (exact) mass is 387 g/mol. The van der Waals surface area contributed by atoms with Gasteiger partial charge in [0.1, 0.15) is 0 Å². The number of allylic oxidation sites excluding steroid dienone is 1. The van der Waals surface area contributed by atoms with Gasteiger partial charge in [0, 0.05) is 0 Å². The standard InChI is InChI=1S/C23H46NO.ClH/c1-5-7-8-9-10-11-12-13-14-15-16-17-18-19-21-24(3,4)22-20-23(25)6-2;/h6H,2,5,7-22H2,1,3-4H3;1H/q+1;/p-1. The van der Waals surface area contributed by atoms with Gasteiger partial charge >= 0.3 is 0 Å². The predicted molar refractivity (Wildman–Crippen MR) is 112 cm³/mol. The molecule has 0 saturated carbocycles. The van der Waals surface area contributed by atoms with E-state index >= 15 is 0 Å². The van der Waals surface area contributed by atoms with Gasteiger partial charge in [0.2, 0.25) is 0 Å². The molecule has 0 saturated heterocycles. The lowest BCUT2D eigenvalue weighted by Crippen LogP contribution is -3.00. The second-order valence-corrected chi connectivity index (χ2v) is 8.40. The molecule has 0 bridgehead atoms. The van der Waals surface area contributed by atoms with Crippen molar-refractivity contribution in [1.29, 1.82) is 0 Å². The molecule has 0 aromatic carbocycles. The maximum Gasteiger partial charge on any atom is 0.160 e. The van der Waals surface area contributed by atoms with Gasteiger partial charge in [-0.25, -0.2) is 0 Å². The number of rotatable bonds is 19. The highest BCUT2D eigenvalue weighted by Crippen LogP contribution is 2.13. The Bertz CT molecular complexity index is 328. The Labute approximate surface area is 170 Å². The van der Waals surface area contributed by atoms with Gasteiger partial charge in [-0.2, -0.15) is 0 Å².